The number of rotatable bonds is 8. The van der Waals surface area contributed by atoms with E-state index in [1.165, 1.54) is 31.5 Å². The Labute approximate surface area is 247 Å². The van der Waals surface area contributed by atoms with Gasteiger partial charge in [0.25, 0.3) is 0 Å². The van der Waals surface area contributed by atoms with Crippen molar-refractivity contribution >= 4 is 17.7 Å². The smallest absolute Gasteiger partial charge is 0.207 e. The van der Waals surface area contributed by atoms with Crippen molar-refractivity contribution in [3.63, 3.8) is 0 Å². The number of carbonyl (C=O) groups is 1. The summed E-state index contributed by atoms with van der Waals surface area (Å²) in [5.41, 5.74) is 3.95. The molecule has 0 unspecified atom stereocenters. The lowest BCUT2D eigenvalue weighted by Crippen LogP contribution is -2.54. The van der Waals surface area contributed by atoms with Crippen LogP contribution in [0.3, 0.4) is 0 Å². The van der Waals surface area contributed by atoms with Gasteiger partial charge in [-0.15, -0.1) is 0 Å². The number of anilines is 1. The van der Waals surface area contributed by atoms with Crippen molar-refractivity contribution in [3.8, 4) is 22.9 Å². The topological polar surface area (TPSA) is 98.8 Å². The summed E-state index contributed by atoms with van der Waals surface area (Å²) in [7, 11) is 2.17. The maximum atomic E-state index is 11.4. The highest BCUT2D eigenvalue weighted by molar-refractivity contribution is 5.85. The molecule has 2 fully saturated rings. The lowest BCUT2D eigenvalue weighted by Gasteiger charge is -2.42. The van der Waals surface area contributed by atoms with Gasteiger partial charge in [-0.25, -0.2) is 9.50 Å². The highest BCUT2D eigenvalue weighted by Gasteiger charge is 2.34. The molecule has 1 aromatic carbocycles. The van der Waals surface area contributed by atoms with E-state index in [0.29, 0.717) is 17.9 Å². The summed E-state index contributed by atoms with van der Waals surface area (Å²) in [4.78, 5) is 20.8. The van der Waals surface area contributed by atoms with Crippen LogP contribution in [0.1, 0.15) is 43.7 Å². The Bertz CT molecular complexity index is 1500. The molecule has 9 nitrogen and oxygen atoms in total. The average molecular weight is 566 g/mol. The first kappa shape index (κ1) is 29.1. The minimum Gasteiger partial charge on any atom is -0.492 e. The molecular weight excluding hydrogens is 526 g/mol. The fourth-order valence-corrected chi connectivity index (χ4v) is 5.90. The lowest BCUT2D eigenvalue weighted by molar-refractivity contribution is -0.111. The number of benzene rings is 1. The van der Waals surface area contributed by atoms with E-state index in [4.69, 9.17) is 9.72 Å². The second-order valence-corrected chi connectivity index (χ2v) is 11.1. The molecule has 3 aromatic heterocycles. The van der Waals surface area contributed by atoms with E-state index in [-0.39, 0.29) is 5.54 Å². The summed E-state index contributed by atoms with van der Waals surface area (Å²) in [5.74, 6) is 1.58. The van der Waals surface area contributed by atoms with Gasteiger partial charge in [0.1, 0.15) is 17.6 Å². The van der Waals surface area contributed by atoms with E-state index in [2.05, 4.69) is 45.5 Å². The zero-order valence-electron chi connectivity index (χ0n) is 24.5. The van der Waals surface area contributed by atoms with E-state index in [0.717, 1.165) is 61.2 Å². The van der Waals surface area contributed by atoms with Crippen LogP contribution in [0.2, 0.25) is 0 Å². The molecule has 6 rings (SSSR count). The maximum absolute atomic E-state index is 11.4. The number of pyridine rings is 2. The predicted molar refractivity (Wildman–Crippen MR) is 165 cm³/mol. The van der Waals surface area contributed by atoms with Crippen molar-refractivity contribution in [2.45, 2.75) is 44.6 Å². The summed E-state index contributed by atoms with van der Waals surface area (Å²) in [6, 6.07) is 18.5. The molecule has 9 heteroatoms. The van der Waals surface area contributed by atoms with Gasteiger partial charge in [0, 0.05) is 36.0 Å². The van der Waals surface area contributed by atoms with Crippen molar-refractivity contribution in [2.75, 3.05) is 44.7 Å². The van der Waals surface area contributed by atoms with Gasteiger partial charge in [-0.05, 0) is 82.9 Å². The number of aromatic nitrogens is 3. The molecule has 0 bridgehead atoms. The van der Waals surface area contributed by atoms with Crippen LogP contribution >= 0.6 is 0 Å². The first-order chi connectivity index (χ1) is 20.5. The van der Waals surface area contributed by atoms with Crippen LogP contribution in [0.4, 0.5) is 5.82 Å². The molecule has 0 aliphatic carbocycles. The third kappa shape index (κ3) is 6.72. The molecule has 42 heavy (non-hydrogen) atoms. The first-order valence-corrected chi connectivity index (χ1v) is 14.7. The average Bonchev–Trinajstić information content (AvgIpc) is 3.67. The molecule has 1 amide bonds. The number of hydrogen-bond donors (Lipinski definition) is 1. The predicted octanol–water partition coefficient (Wildman–Crippen LogP) is 4.71. The van der Waals surface area contributed by atoms with Crippen molar-refractivity contribution in [1.29, 1.82) is 5.26 Å². The van der Waals surface area contributed by atoms with Crippen LogP contribution < -0.4 is 15.0 Å². The number of hydrogen-bond acceptors (Lipinski definition) is 7. The van der Waals surface area contributed by atoms with Crippen molar-refractivity contribution < 1.29 is 9.53 Å². The summed E-state index contributed by atoms with van der Waals surface area (Å²) < 4.78 is 7.40. The molecule has 2 aliphatic heterocycles. The number of nitrogens with one attached hydrogen (secondary N) is 1. The Balaban J connectivity index is 0.000000524. The van der Waals surface area contributed by atoms with E-state index in [1.807, 2.05) is 49.5 Å². The summed E-state index contributed by atoms with van der Waals surface area (Å²) in [5, 5.41) is 17.0. The molecule has 0 saturated carbocycles. The van der Waals surface area contributed by atoms with E-state index >= 15 is 0 Å². The summed E-state index contributed by atoms with van der Waals surface area (Å²) in [6.07, 6.45) is 11.3. The zero-order valence-corrected chi connectivity index (χ0v) is 24.5. The molecule has 1 N–H and O–H groups in total. The molecule has 5 heterocycles. The van der Waals surface area contributed by atoms with Gasteiger partial charge in [0.05, 0.1) is 30.1 Å². The number of carbonyl (C=O) groups excluding carboxylic acids is 1. The van der Waals surface area contributed by atoms with Gasteiger partial charge >= 0.3 is 0 Å². The van der Waals surface area contributed by atoms with E-state index in [1.54, 1.807) is 16.9 Å². The van der Waals surface area contributed by atoms with Crippen molar-refractivity contribution in [2.24, 2.45) is 0 Å². The van der Waals surface area contributed by atoms with Crippen LogP contribution in [0.5, 0.6) is 5.75 Å². The Morgan fingerprint density at radius 1 is 1.07 bits per heavy atom. The molecule has 218 valence electrons. The second kappa shape index (κ2) is 13.5. The van der Waals surface area contributed by atoms with Crippen LogP contribution in [0, 0.1) is 11.3 Å². The number of ether oxygens (including phenoxy) is 1. The Morgan fingerprint density at radius 3 is 2.43 bits per heavy atom. The van der Waals surface area contributed by atoms with Crippen molar-refractivity contribution in [3.05, 3.63) is 78.2 Å². The largest absolute Gasteiger partial charge is 0.492 e. The molecule has 2 saturated heterocycles. The third-order valence-corrected chi connectivity index (χ3v) is 8.20. The summed E-state index contributed by atoms with van der Waals surface area (Å²) >= 11 is 0. The normalized spacial score (nSPS) is 16.4. The third-order valence-electron chi connectivity index (χ3n) is 8.20. The minimum absolute atomic E-state index is 0.249. The van der Waals surface area contributed by atoms with Crippen LogP contribution in [0.25, 0.3) is 16.6 Å². The Hall–Kier alpha value is -4.42. The van der Waals surface area contributed by atoms with Crippen LogP contribution in [-0.2, 0) is 11.2 Å². The Kier molecular flexibility index (Phi) is 9.35. The number of likely N-dealkylation sites (tertiary alicyclic amines) is 1. The number of fused-ring (bicyclic) bond motifs is 1. The van der Waals surface area contributed by atoms with Gasteiger partial charge in [0.2, 0.25) is 6.41 Å². The molecule has 2 aliphatic rings. The van der Waals surface area contributed by atoms with Gasteiger partial charge in [0.15, 0.2) is 0 Å². The lowest BCUT2D eigenvalue weighted by atomic mass is 9.82. The fraction of sp³-hybridized carbons (Fsp3) is 0.394. The molecule has 0 atom stereocenters. The highest BCUT2D eigenvalue weighted by atomic mass is 16.5. The highest BCUT2D eigenvalue weighted by Crippen LogP contribution is 2.33. The maximum Gasteiger partial charge on any atom is 0.207 e. The van der Waals surface area contributed by atoms with Gasteiger partial charge in [-0.1, -0.05) is 30.3 Å². The van der Waals surface area contributed by atoms with E-state index in [9.17, 15) is 10.1 Å². The second-order valence-electron chi connectivity index (χ2n) is 11.1. The number of amides is 1. The van der Waals surface area contributed by atoms with Crippen molar-refractivity contribution in [1.82, 2.24) is 24.8 Å². The van der Waals surface area contributed by atoms with Gasteiger partial charge < -0.3 is 19.9 Å². The quantitative estimate of drug-likeness (QED) is 0.309. The zero-order chi connectivity index (χ0) is 29.4. The standard InChI is InChI=1S/C28H28N6O2.C5H11N/c1-2-36-24-14-25(27-23(16-29)18-32-34(27)19-24)22-8-9-26(30-17-22)33-12-10-28(11-13-33,31-20-35)15-21-6-4-3-5-7-21;1-6-4-2-3-5-6/h3-9,14,17-20H,2,10-13,15H2,1H3,(H,31,35);2-5H2,1H3. The number of nitrogens with zero attached hydrogens (tertiary/aromatic N) is 6. The first-order valence-electron chi connectivity index (χ1n) is 14.7. The number of piperidine rings is 1. The molecule has 0 radical (unpaired) electrons. The number of nitriles is 1. The van der Waals surface area contributed by atoms with Crippen LogP contribution in [0.15, 0.2) is 67.1 Å². The molecule has 0 spiro atoms. The minimum atomic E-state index is -0.249. The monoisotopic (exact) mass is 565 g/mol. The fourth-order valence-electron chi connectivity index (χ4n) is 5.90. The van der Waals surface area contributed by atoms with Gasteiger partial charge in [-0.2, -0.15) is 10.4 Å². The van der Waals surface area contributed by atoms with Crippen LogP contribution in [-0.4, -0.2) is 71.3 Å². The summed E-state index contributed by atoms with van der Waals surface area (Å²) in [6.45, 7) is 6.70. The Morgan fingerprint density at radius 2 is 1.83 bits per heavy atom. The molecular formula is C33H39N7O2. The van der Waals surface area contributed by atoms with E-state index < -0.39 is 0 Å². The molecule has 4 aromatic rings. The van der Waals surface area contributed by atoms with Gasteiger partial charge in [-0.3, -0.25) is 4.79 Å². The SMILES string of the molecule is CCOc1cc(-c2ccc(N3CCC(Cc4ccccc4)(NC=O)CC3)nc2)c2c(C#N)cnn2c1.CN1CCCC1.